The summed E-state index contributed by atoms with van der Waals surface area (Å²) in [5.41, 5.74) is 0.321. The summed E-state index contributed by atoms with van der Waals surface area (Å²) in [6, 6.07) is 0. The van der Waals surface area contributed by atoms with Crippen molar-refractivity contribution in [2.75, 3.05) is 0 Å². The number of aryl methyl sites for hydroxylation is 1. The third-order valence-corrected chi connectivity index (χ3v) is 2.51. The van der Waals surface area contributed by atoms with E-state index in [1.54, 1.807) is 0 Å². The van der Waals surface area contributed by atoms with Gasteiger partial charge in [-0.15, -0.1) is 0 Å². The Bertz CT molecular complexity index is 343. The topological polar surface area (TPSA) is 55.1 Å². The number of carboxylic acids is 1. The standard InChI is InChI=1S/C9H12N2O2/c1-6-2-3-8-10-4-7(9(12)13)11(8)5-6/h4,6H,2-3,5H2,1H3,(H,12,13). The van der Waals surface area contributed by atoms with Crippen LogP contribution in [0.25, 0.3) is 0 Å². The smallest absolute Gasteiger partial charge is 0.354 e. The van der Waals surface area contributed by atoms with E-state index in [9.17, 15) is 4.79 Å². The Hall–Kier alpha value is -1.32. The molecule has 1 atom stereocenters. The van der Waals surface area contributed by atoms with Crippen molar-refractivity contribution in [1.82, 2.24) is 9.55 Å². The maximum atomic E-state index is 10.8. The predicted octanol–water partition coefficient (Wildman–Crippen LogP) is 1.16. The fourth-order valence-corrected chi connectivity index (χ4v) is 1.77. The van der Waals surface area contributed by atoms with Crippen molar-refractivity contribution in [1.29, 1.82) is 0 Å². The highest BCUT2D eigenvalue weighted by Gasteiger charge is 2.21. The number of hydrogen-bond donors (Lipinski definition) is 1. The summed E-state index contributed by atoms with van der Waals surface area (Å²) in [7, 11) is 0. The lowest BCUT2D eigenvalue weighted by atomic mass is 10.0. The van der Waals surface area contributed by atoms with Crippen molar-refractivity contribution in [3.63, 3.8) is 0 Å². The highest BCUT2D eigenvalue weighted by molar-refractivity contribution is 5.85. The fraction of sp³-hybridized carbons (Fsp3) is 0.556. The van der Waals surface area contributed by atoms with E-state index < -0.39 is 5.97 Å². The quantitative estimate of drug-likeness (QED) is 0.705. The Morgan fingerprint density at radius 2 is 2.54 bits per heavy atom. The summed E-state index contributed by atoms with van der Waals surface area (Å²) in [6.45, 7) is 2.92. The number of hydrogen-bond acceptors (Lipinski definition) is 2. The van der Waals surface area contributed by atoms with Crippen molar-refractivity contribution >= 4 is 5.97 Å². The molecule has 1 N–H and O–H groups in total. The van der Waals surface area contributed by atoms with E-state index in [4.69, 9.17) is 5.11 Å². The van der Waals surface area contributed by atoms with Crippen molar-refractivity contribution in [2.45, 2.75) is 26.3 Å². The summed E-state index contributed by atoms with van der Waals surface area (Å²) in [5.74, 6) is 0.586. The molecule has 0 saturated heterocycles. The second kappa shape index (κ2) is 2.87. The van der Waals surface area contributed by atoms with Gasteiger partial charge in [0.25, 0.3) is 0 Å². The molecule has 13 heavy (non-hydrogen) atoms. The first kappa shape index (κ1) is 8.29. The third kappa shape index (κ3) is 1.32. The molecule has 70 valence electrons. The molecule has 2 rings (SSSR count). The number of rotatable bonds is 1. The van der Waals surface area contributed by atoms with Gasteiger partial charge >= 0.3 is 5.97 Å². The second-order valence-corrected chi connectivity index (χ2v) is 3.62. The zero-order valence-electron chi connectivity index (χ0n) is 7.53. The highest BCUT2D eigenvalue weighted by Crippen LogP contribution is 2.20. The van der Waals surface area contributed by atoms with E-state index in [0.717, 1.165) is 25.2 Å². The number of carboxylic acid groups (broad SMARTS) is 1. The monoisotopic (exact) mass is 180 g/mol. The number of aromatic nitrogens is 2. The zero-order valence-corrected chi connectivity index (χ0v) is 7.53. The predicted molar refractivity (Wildman–Crippen MR) is 46.7 cm³/mol. The number of carbonyl (C=O) groups is 1. The van der Waals surface area contributed by atoms with Gasteiger partial charge in [-0.05, 0) is 12.3 Å². The zero-order chi connectivity index (χ0) is 9.42. The first-order valence-corrected chi connectivity index (χ1v) is 4.46. The minimum atomic E-state index is -0.882. The molecule has 2 heterocycles. The molecule has 1 unspecified atom stereocenters. The number of fused-ring (bicyclic) bond motifs is 1. The Morgan fingerprint density at radius 1 is 1.77 bits per heavy atom. The molecule has 1 aromatic rings. The SMILES string of the molecule is CC1CCc2ncc(C(=O)O)n2C1. The van der Waals surface area contributed by atoms with E-state index in [0.29, 0.717) is 11.6 Å². The van der Waals surface area contributed by atoms with Crippen LogP contribution in [-0.2, 0) is 13.0 Å². The third-order valence-electron chi connectivity index (χ3n) is 2.51. The van der Waals surface area contributed by atoms with Gasteiger partial charge < -0.3 is 9.67 Å². The lowest BCUT2D eigenvalue weighted by molar-refractivity contribution is 0.0682. The Kier molecular flexibility index (Phi) is 1.83. The van der Waals surface area contributed by atoms with Crippen LogP contribution in [0.15, 0.2) is 6.20 Å². The van der Waals surface area contributed by atoms with Crippen LogP contribution < -0.4 is 0 Å². The molecular formula is C9H12N2O2. The van der Waals surface area contributed by atoms with Gasteiger partial charge in [0.2, 0.25) is 0 Å². The minimum absolute atomic E-state index is 0.321. The molecular weight excluding hydrogens is 168 g/mol. The van der Waals surface area contributed by atoms with Crippen LogP contribution in [0.3, 0.4) is 0 Å². The van der Waals surface area contributed by atoms with Crippen LogP contribution in [0, 0.1) is 5.92 Å². The molecule has 1 aromatic heterocycles. The molecule has 0 amide bonds. The van der Waals surface area contributed by atoms with Crippen molar-refractivity contribution in [3.05, 3.63) is 17.7 Å². The van der Waals surface area contributed by atoms with E-state index in [1.165, 1.54) is 6.20 Å². The maximum absolute atomic E-state index is 10.8. The molecule has 1 aliphatic heterocycles. The number of aromatic carboxylic acids is 1. The summed E-state index contributed by atoms with van der Waals surface area (Å²) in [5, 5.41) is 8.86. The van der Waals surface area contributed by atoms with Gasteiger partial charge in [0.1, 0.15) is 11.5 Å². The van der Waals surface area contributed by atoms with E-state index in [1.807, 2.05) is 4.57 Å². The van der Waals surface area contributed by atoms with Crippen LogP contribution in [0.1, 0.15) is 29.7 Å². The van der Waals surface area contributed by atoms with Gasteiger partial charge in [-0.2, -0.15) is 0 Å². The minimum Gasteiger partial charge on any atom is -0.477 e. The van der Waals surface area contributed by atoms with E-state index in [-0.39, 0.29) is 0 Å². The molecule has 0 spiro atoms. The molecule has 4 nitrogen and oxygen atoms in total. The van der Waals surface area contributed by atoms with E-state index >= 15 is 0 Å². The van der Waals surface area contributed by atoms with Gasteiger partial charge in [0.15, 0.2) is 0 Å². The van der Waals surface area contributed by atoms with Crippen LogP contribution in [0.5, 0.6) is 0 Å². The van der Waals surface area contributed by atoms with Gasteiger partial charge in [-0.3, -0.25) is 0 Å². The van der Waals surface area contributed by atoms with Gasteiger partial charge in [-0.1, -0.05) is 6.92 Å². The first-order chi connectivity index (χ1) is 6.18. The molecule has 1 aliphatic rings. The van der Waals surface area contributed by atoms with Crippen LogP contribution in [-0.4, -0.2) is 20.6 Å². The average molecular weight is 180 g/mol. The van der Waals surface area contributed by atoms with Crippen molar-refractivity contribution in [2.24, 2.45) is 5.92 Å². The molecule has 0 aromatic carbocycles. The average Bonchev–Trinajstić information content (AvgIpc) is 2.46. The number of nitrogens with zero attached hydrogens (tertiary/aromatic N) is 2. The Balaban J connectivity index is 2.41. The Labute approximate surface area is 76.2 Å². The number of imidazole rings is 1. The molecule has 0 fully saturated rings. The van der Waals surface area contributed by atoms with Gasteiger partial charge in [-0.25, -0.2) is 9.78 Å². The maximum Gasteiger partial charge on any atom is 0.354 e. The summed E-state index contributed by atoms with van der Waals surface area (Å²) in [4.78, 5) is 14.9. The van der Waals surface area contributed by atoms with Crippen LogP contribution >= 0.6 is 0 Å². The van der Waals surface area contributed by atoms with Gasteiger partial charge in [0.05, 0.1) is 6.20 Å². The molecule has 0 bridgehead atoms. The normalized spacial score (nSPS) is 21.2. The second-order valence-electron chi connectivity index (χ2n) is 3.62. The molecule has 0 aliphatic carbocycles. The lowest BCUT2D eigenvalue weighted by Gasteiger charge is -2.20. The highest BCUT2D eigenvalue weighted by atomic mass is 16.4. The molecule has 0 saturated carbocycles. The van der Waals surface area contributed by atoms with Crippen molar-refractivity contribution in [3.8, 4) is 0 Å². The van der Waals surface area contributed by atoms with Crippen LogP contribution in [0.4, 0.5) is 0 Å². The molecule has 0 radical (unpaired) electrons. The summed E-state index contributed by atoms with van der Waals surface area (Å²) >= 11 is 0. The Morgan fingerprint density at radius 3 is 3.23 bits per heavy atom. The van der Waals surface area contributed by atoms with Crippen LogP contribution in [0.2, 0.25) is 0 Å². The van der Waals surface area contributed by atoms with Crippen molar-refractivity contribution < 1.29 is 9.90 Å². The lowest BCUT2D eigenvalue weighted by Crippen LogP contribution is -2.21. The first-order valence-electron chi connectivity index (χ1n) is 4.46. The van der Waals surface area contributed by atoms with Gasteiger partial charge in [0, 0.05) is 13.0 Å². The summed E-state index contributed by atoms with van der Waals surface area (Å²) in [6.07, 6.45) is 3.46. The molecule has 4 heteroatoms. The summed E-state index contributed by atoms with van der Waals surface area (Å²) < 4.78 is 1.82. The largest absolute Gasteiger partial charge is 0.477 e. The fourth-order valence-electron chi connectivity index (χ4n) is 1.77. The van der Waals surface area contributed by atoms with E-state index in [2.05, 4.69) is 11.9 Å².